The van der Waals surface area contributed by atoms with Crippen molar-refractivity contribution in [3.05, 3.63) is 101 Å². The Balaban J connectivity index is 1.53. The van der Waals surface area contributed by atoms with Crippen LogP contribution in [0.5, 0.6) is 0 Å². The summed E-state index contributed by atoms with van der Waals surface area (Å²) in [4.78, 5) is 16.6. The van der Waals surface area contributed by atoms with Gasteiger partial charge in [0, 0.05) is 12.1 Å². The number of pyridine rings is 1. The highest BCUT2D eigenvalue weighted by Crippen LogP contribution is 2.34. The lowest BCUT2D eigenvalue weighted by Crippen LogP contribution is -2.28. The van der Waals surface area contributed by atoms with Gasteiger partial charge in [0.25, 0.3) is 0 Å². The monoisotopic (exact) mass is 579 g/mol. The van der Waals surface area contributed by atoms with E-state index in [4.69, 9.17) is 9.47 Å². The van der Waals surface area contributed by atoms with Crippen LogP contribution in [-0.2, 0) is 37.0 Å². The Morgan fingerprint density at radius 2 is 1.90 bits per heavy atom. The minimum Gasteiger partial charge on any atom is -0.465 e. The van der Waals surface area contributed by atoms with Crippen LogP contribution in [0.3, 0.4) is 0 Å². The third-order valence-corrected chi connectivity index (χ3v) is 6.63. The predicted molar refractivity (Wildman–Crippen MR) is 139 cm³/mol. The Kier molecular flexibility index (Phi) is 8.33. The minimum absolute atomic E-state index is 0.0626. The molecule has 2 N–H and O–H groups in total. The van der Waals surface area contributed by atoms with Crippen LogP contribution in [0.2, 0.25) is 0 Å². The van der Waals surface area contributed by atoms with E-state index in [1.54, 1.807) is 0 Å². The van der Waals surface area contributed by atoms with Gasteiger partial charge in [-0.1, -0.05) is 30.4 Å². The highest BCUT2D eigenvalue weighted by atomic mass is 32.2. The molecule has 0 radical (unpaired) electrons. The zero-order valence-electron chi connectivity index (χ0n) is 21.4. The second-order valence-corrected chi connectivity index (χ2v) is 10.9. The summed E-state index contributed by atoms with van der Waals surface area (Å²) in [5.41, 5.74) is -0.297. The Morgan fingerprint density at radius 3 is 2.55 bits per heavy atom. The molecule has 2 heterocycles. The number of allylic oxidation sites excluding steroid dienone is 4. The highest BCUT2D eigenvalue weighted by molar-refractivity contribution is 7.92. The van der Waals surface area contributed by atoms with Crippen LogP contribution in [0.4, 0.5) is 23.2 Å². The van der Waals surface area contributed by atoms with Gasteiger partial charge in [0.15, 0.2) is 11.5 Å². The van der Waals surface area contributed by atoms with Crippen LogP contribution >= 0.6 is 0 Å². The fourth-order valence-corrected chi connectivity index (χ4v) is 4.51. The number of halogens is 4. The summed E-state index contributed by atoms with van der Waals surface area (Å²) in [7, 11) is -3.70. The van der Waals surface area contributed by atoms with Crippen LogP contribution in [0.15, 0.2) is 72.4 Å². The number of ether oxygens (including phenoxy) is 2. The number of hydrogen-bond donors (Lipinski definition) is 2. The van der Waals surface area contributed by atoms with Gasteiger partial charge in [0.2, 0.25) is 15.9 Å². The van der Waals surface area contributed by atoms with Crippen LogP contribution in [-0.4, -0.2) is 25.6 Å². The summed E-state index contributed by atoms with van der Waals surface area (Å²) in [6.07, 6.45) is 5.68. The number of alkyl halides is 3. The normalized spacial score (nSPS) is 16.1. The molecule has 40 heavy (non-hydrogen) atoms. The van der Waals surface area contributed by atoms with Crippen LogP contribution in [0, 0.1) is 5.82 Å². The molecule has 1 aliphatic carbocycles. The molecule has 0 fully saturated rings. The third-order valence-electron chi connectivity index (χ3n) is 6.04. The Morgan fingerprint density at radius 1 is 1.15 bits per heavy atom. The molecule has 8 nitrogen and oxygen atoms in total. The zero-order chi connectivity index (χ0) is 29.1. The van der Waals surface area contributed by atoms with Gasteiger partial charge in [-0.3, -0.25) is 9.52 Å². The molecular weight excluding hydrogens is 554 g/mol. The number of sulfonamides is 1. The Bertz CT molecular complexity index is 1550. The number of nitrogens with one attached hydrogen (secondary N) is 2. The Labute approximate surface area is 228 Å². The van der Waals surface area contributed by atoms with Crippen LogP contribution in [0.25, 0.3) is 5.76 Å². The molecule has 1 atom stereocenters. The number of hydrogen-bond acceptors (Lipinski definition) is 6. The number of aromatic nitrogens is 1. The van der Waals surface area contributed by atoms with Crippen molar-refractivity contribution >= 4 is 27.4 Å². The first-order valence-corrected chi connectivity index (χ1v) is 13.9. The molecule has 1 unspecified atom stereocenters. The first kappa shape index (κ1) is 28.9. The van der Waals surface area contributed by atoms with Gasteiger partial charge in [-0.15, -0.1) is 0 Å². The first-order valence-electron chi connectivity index (χ1n) is 12.0. The van der Waals surface area contributed by atoms with Crippen molar-refractivity contribution in [2.75, 3.05) is 11.0 Å². The van der Waals surface area contributed by atoms with Crippen molar-refractivity contribution in [1.82, 2.24) is 10.3 Å². The quantitative estimate of drug-likeness (QED) is 0.401. The molecule has 212 valence electrons. The number of carbonyl (C=O) groups is 1. The second-order valence-electron chi connectivity index (χ2n) is 9.12. The molecule has 0 bridgehead atoms. The SMILES string of the molecule is CC(C(=O)NCc1ccc(C(F)(F)F)nc1C1=COC=C(C2=CC=CCC2)O1)c1ccc(NS(C)(=O)=O)c(F)c1. The maximum absolute atomic E-state index is 14.4. The molecular formula is C27H25F4N3O5S. The van der Waals surface area contributed by atoms with E-state index >= 15 is 0 Å². The average molecular weight is 580 g/mol. The van der Waals surface area contributed by atoms with Crippen LogP contribution < -0.4 is 10.0 Å². The van der Waals surface area contributed by atoms with Crippen molar-refractivity contribution in [3.8, 4) is 0 Å². The van der Waals surface area contributed by atoms with E-state index in [1.165, 1.54) is 31.4 Å². The lowest BCUT2D eigenvalue weighted by atomic mass is 9.99. The number of amides is 1. The minimum atomic E-state index is -4.72. The summed E-state index contributed by atoms with van der Waals surface area (Å²) in [6.45, 7) is 1.29. The van der Waals surface area contributed by atoms with Gasteiger partial charge >= 0.3 is 6.18 Å². The Hall–Kier alpha value is -4.13. The third kappa shape index (κ3) is 7.08. The van der Waals surface area contributed by atoms with Crippen molar-refractivity contribution in [3.63, 3.8) is 0 Å². The molecule has 0 saturated carbocycles. The van der Waals surface area contributed by atoms with E-state index in [0.717, 1.165) is 36.6 Å². The summed E-state index contributed by atoms with van der Waals surface area (Å²) in [6, 6.07) is 5.61. The van der Waals surface area contributed by atoms with Gasteiger partial charge in [0.05, 0.1) is 17.9 Å². The van der Waals surface area contributed by atoms with E-state index in [1.807, 2.05) is 23.0 Å². The molecule has 0 spiro atoms. The summed E-state index contributed by atoms with van der Waals surface area (Å²) in [5, 5.41) is 2.63. The molecule has 2 aromatic rings. The summed E-state index contributed by atoms with van der Waals surface area (Å²) in [5.74, 6) is -2.02. The van der Waals surface area contributed by atoms with Crippen molar-refractivity contribution in [2.45, 2.75) is 38.4 Å². The molecule has 0 saturated heterocycles. The van der Waals surface area contributed by atoms with Gasteiger partial charge in [-0.2, -0.15) is 13.2 Å². The molecule has 4 rings (SSSR count). The number of benzene rings is 1. The molecule has 13 heteroatoms. The van der Waals surface area contributed by atoms with Crippen molar-refractivity contribution < 1.29 is 40.2 Å². The van der Waals surface area contributed by atoms with Gasteiger partial charge < -0.3 is 14.8 Å². The molecule has 1 aromatic carbocycles. The van der Waals surface area contributed by atoms with E-state index < -0.39 is 39.5 Å². The topological polar surface area (TPSA) is 107 Å². The van der Waals surface area contributed by atoms with E-state index in [9.17, 15) is 30.8 Å². The lowest BCUT2D eigenvalue weighted by molar-refractivity contribution is -0.141. The fourth-order valence-electron chi connectivity index (χ4n) is 3.95. The number of nitrogens with zero attached hydrogens (tertiary/aromatic N) is 1. The second kappa shape index (κ2) is 11.5. The number of rotatable bonds is 8. The van der Waals surface area contributed by atoms with Crippen LogP contribution in [0.1, 0.15) is 48.2 Å². The fraction of sp³-hybridized carbons (Fsp3) is 0.259. The largest absolute Gasteiger partial charge is 0.465 e. The molecule has 2 aliphatic rings. The van der Waals surface area contributed by atoms with E-state index in [0.29, 0.717) is 12.2 Å². The standard InChI is InChI=1S/C27H25F4N3O5S/c1-16(18-8-10-21(20(28)12-18)34-40(2,36)37)26(35)32-13-19-9-11-24(27(29,30)31)33-25(19)23-15-38-14-22(39-23)17-6-4-3-5-7-17/h3-4,6,8-12,14-16,34H,5,7,13H2,1-2H3,(H,32,35). The molecule has 1 aromatic heterocycles. The summed E-state index contributed by atoms with van der Waals surface area (Å²) < 4.78 is 90.8. The first-order chi connectivity index (χ1) is 18.8. The lowest BCUT2D eigenvalue weighted by Gasteiger charge is -2.21. The highest BCUT2D eigenvalue weighted by Gasteiger charge is 2.34. The van der Waals surface area contributed by atoms with Gasteiger partial charge in [0.1, 0.15) is 29.7 Å². The van der Waals surface area contributed by atoms with Crippen molar-refractivity contribution in [1.29, 1.82) is 0 Å². The van der Waals surface area contributed by atoms with E-state index in [2.05, 4.69) is 10.3 Å². The van der Waals surface area contributed by atoms with Gasteiger partial charge in [-0.25, -0.2) is 17.8 Å². The smallest absolute Gasteiger partial charge is 0.433 e. The van der Waals surface area contributed by atoms with Gasteiger partial charge in [-0.05, 0) is 49.1 Å². The molecule has 1 aliphatic heterocycles. The van der Waals surface area contributed by atoms with Crippen molar-refractivity contribution in [2.24, 2.45) is 0 Å². The maximum atomic E-state index is 14.4. The predicted octanol–water partition coefficient (Wildman–Crippen LogP) is 5.49. The average Bonchev–Trinajstić information content (AvgIpc) is 2.91. The maximum Gasteiger partial charge on any atom is 0.433 e. The number of carbonyl (C=O) groups excluding carboxylic acids is 1. The summed E-state index contributed by atoms with van der Waals surface area (Å²) >= 11 is 0. The van der Waals surface area contributed by atoms with E-state index in [-0.39, 0.29) is 34.8 Å². The number of anilines is 1. The molecule has 1 amide bonds. The zero-order valence-corrected chi connectivity index (χ0v) is 22.2.